The van der Waals surface area contributed by atoms with Crippen LogP contribution in [0, 0.1) is 0 Å². The van der Waals surface area contributed by atoms with Crippen LogP contribution >= 0.6 is 11.8 Å². The highest BCUT2D eigenvalue weighted by Crippen LogP contribution is 2.45. The Bertz CT molecular complexity index is 1070. The molecular weight excluding hydrogens is 390 g/mol. The molecule has 4 rings (SSSR count). The van der Waals surface area contributed by atoms with Gasteiger partial charge in [-0.25, -0.2) is 0 Å². The van der Waals surface area contributed by atoms with Crippen molar-refractivity contribution in [1.29, 1.82) is 0 Å². The van der Waals surface area contributed by atoms with Gasteiger partial charge in [-0.1, -0.05) is 43.3 Å². The number of aromatic nitrogens is 1. The monoisotopic (exact) mass is 419 g/mol. The van der Waals surface area contributed by atoms with Gasteiger partial charge in [-0.05, 0) is 73.1 Å². The summed E-state index contributed by atoms with van der Waals surface area (Å²) in [4.78, 5) is 17.9. The van der Waals surface area contributed by atoms with Gasteiger partial charge >= 0.3 is 5.97 Å². The van der Waals surface area contributed by atoms with Gasteiger partial charge in [0, 0.05) is 23.2 Å². The molecule has 3 aromatic rings. The SMILES string of the molecule is CCOC(=O)C(C)(C)Sc1ccncc1C(C)c1ccc(C2CC2)c2ccccc12. The van der Waals surface area contributed by atoms with E-state index in [1.165, 1.54) is 34.7 Å². The molecule has 0 saturated heterocycles. The Morgan fingerprint density at radius 1 is 1.13 bits per heavy atom. The predicted molar refractivity (Wildman–Crippen MR) is 124 cm³/mol. The lowest BCUT2D eigenvalue weighted by Gasteiger charge is -2.25. The number of rotatable bonds is 7. The Morgan fingerprint density at radius 3 is 2.57 bits per heavy atom. The number of benzene rings is 2. The molecule has 1 unspecified atom stereocenters. The lowest BCUT2D eigenvalue weighted by atomic mass is 9.87. The van der Waals surface area contributed by atoms with Crippen LogP contribution < -0.4 is 0 Å². The molecule has 1 fully saturated rings. The molecule has 0 radical (unpaired) electrons. The number of nitrogens with zero attached hydrogens (tertiary/aromatic N) is 1. The van der Waals surface area contributed by atoms with Crippen LogP contribution in [0.3, 0.4) is 0 Å². The first-order valence-corrected chi connectivity index (χ1v) is 11.6. The summed E-state index contributed by atoms with van der Waals surface area (Å²) in [5.74, 6) is 0.691. The molecule has 1 heterocycles. The Balaban J connectivity index is 1.72. The van der Waals surface area contributed by atoms with Crippen molar-refractivity contribution in [2.24, 2.45) is 0 Å². The number of pyridine rings is 1. The van der Waals surface area contributed by atoms with Crippen LogP contribution in [-0.2, 0) is 9.53 Å². The smallest absolute Gasteiger partial charge is 0.321 e. The first-order chi connectivity index (χ1) is 14.4. The van der Waals surface area contributed by atoms with E-state index in [-0.39, 0.29) is 11.9 Å². The summed E-state index contributed by atoms with van der Waals surface area (Å²) in [5.41, 5.74) is 3.92. The van der Waals surface area contributed by atoms with Crippen molar-refractivity contribution < 1.29 is 9.53 Å². The van der Waals surface area contributed by atoms with Gasteiger partial charge in [-0.2, -0.15) is 0 Å². The van der Waals surface area contributed by atoms with Gasteiger partial charge in [0.25, 0.3) is 0 Å². The summed E-state index contributed by atoms with van der Waals surface area (Å²) in [7, 11) is 0. The fourth-order valence-electron chi connectivity index (χ4n) is 4.07. The number of hydrogen-bond acceptors (Lipinski definition) is 4. The normalized spacial score (nSPS) is 15.2. The van der Waals surface area contributed by atoms with Gasteiger partial charge in [-0.3, -0.25) is 9.78 Å². The van der Waals surface area contributed by atoms with E-state index < -0.39 is 4.75 Å². The van der Waals surface area contributed by atoms with Crippen molar-refractivity contribution >= 4 is 28.5 Å². The number of ether oxygens (including phenoxy) is 1. The van der Waals surface area contributed by atoms with Gasteiger partial charge in [-0.15, -0.1) is 11.8 Å². The summed E-state index contributed by atoms with van der Waals surface area (Å²) in [5, 5.41) is 2.69. The van der Waals surface area contributed by atoms with Crippen molar-refractivity contribution in [2.45, 2.75) is 62.0 Å². The van der Waals surface area contributed by atoms with Crippen LogP contribution in [0.4, 0.5) is 0 Å². The van der Waals surface area contributed by atoms with E-state index >= 15 is 0 Å². The first-order valence-electron chi connectivity index (χ1n) is 10.7. The molecule has 4 heteroatoms. The maximum Gasteiger partial charge on any atom is 0.321 e. The highest BCUT2D eigenvalue weighted by molar-refractivity contribution is 8.01. The predicted octanol–water partition coefficient (Wildman–Crippen LogP) is 6.70. The van der Waals surface area contributed by atoms with E-state index in [9.17, 15) is 4.79 Å². The molecule has 1 aliphatic rings. The maximum absolute atomic E-state index is 12.4. The number of hydrogen-bond donors (Lipinski definition) is 0. The molecule has 1 aliphatic carbocycles. The van der Waals surface area contributed by atoms with Crippen molar-refractivity contribution in [2.75, 3.05) is 6.61 Å². The highest BCUT2D eigenvalue weighted by Gasteiger charge is 2.32. The Kier molecular flexibility index (Phi) is 5.88. The van der Waals surface area contributed by atoms with E-state index in [1.807, 2.05) is 33.0 Å². The van der Waals surface area contributed by atoms with Crippen LogP contribution in [0.1, 0.15) is 69.1 Å². The quantitative estimate of drug-likeness (QED) is 0.316. The molecule has 0 amide bonds. The zero-order chi connectivity index (χ0) is 21.3. The topological polar surface area (TPSA) is 39.2 Å². The van der Waals surface area contributed by atoms with E-state index in [0.29, 0.717) is 12.5 Å². The van der Waals surface area contributed by atoms with Gasteiger partial charge in [0.1, 0.15) is 4.75 Å². The fourth-order valence-corrected chi connectivity index (χ4v) is 5.24. The third kappa shape index (κ3) is 4.11. The summed E-state index contributed by atoms with van der Waals surface area (Å²) in [6.45, 7) is 8.31. The van der Waals surface area contributed by atoms with Crippen LogP contribution in [0.15, 0.2) is 59.8 Å². The summed E-state index contributed by atoms with van der Waals surface area (Å²) in [6.07, 6.45) is 6.34. The molecule has 3 nitrogen and oxygen atoms in total. The largest absolute Gasteiger partial charge is 0.465 e. The van der Waals surface area contributed by atoms with E-state index in [2.05, 4.69) is 48.3 Å². The number of esters is 1. The zero-order valence-corrected chi connectivity index (χ0v) is 19.0. The third-order valence-electron chi connectivity index (χ3n) is 5.88. The molecular formula is C26H29NO2S. The van der Waals surface area contributed by atoms with Gasteiger partial charge in [0.2, 0.25) is 0 Å². The standard InChI is InChI=1S/C26H29NO2S/c1-5-29-25(28)26(3,4)30-24-14-15-27-16-23(24)17(2)19-12-13-20(18-10-11-18)22-9-7-6-8-21(19)22/h6-9,12-18H,5,10-11H2,1-4H3. The van der Waals surface area contributed by atoms with Crippen molar-refractivity contribution in [3.05, 3.63) is 71.5 Å². The van der Waals surface area contributed by atoms with E-state index in [1.54, 1.807) is 18.0 Å². The number of carbonyl (C=O) groups excluding carboxylic acids is 1. The van der Waals surface area contributed by atoms with Gasteiger partial charge in [0.15, 0.2) is 0 Å². The fraction of sp³-hybridized carbons (Fsp3) is 0.385. The molecule has 0 N–H and O–H groups in total. The van der Waals surface area contributed by atoms with Crippen LogP contribution in [0.2, 0.25) is 0 Å². The zero-order valence-electron chi connectivity index (χ0n) is 18.1. The molecule has 0 bridgehead atoms. The molecule has 2 aromatic carbocycles. The summed E-state index contributed by atoms with van der Waals surface area (Å²) < 4.78 is 4.62. The van der Waals surface area contributed by atoms with Crippen LogP contribution in [-0.4, -0.2) is 22.3 Å². The minimum absolute atomic E-state index is 0.164. The number of thioether (sulfide) groups is 1. The highest BCUT2D eigenvalue weighted by atomic mass is 32.2. The number of carbonyl (C=O) groups is 1. The molecule has 0 aliphatic heterocycles. The Labute approximate surface area is 183 Å². The Hall–Kier alpha value is -2.33. The average molecular weight is 420 g/mol. The minimum atomic E-state index is -0.663. The second-order valence-electron chi connectivity index (χ2n) is 8.53. The lowest BCUT2D eigenvalue weighted by Crippen LogP contribution is -2.30. The minimum Gasteiger partial charge on any atom is -0.465 e. The molecule has 1 saturated carbocycles. The first kappa shape index (κ1) is 20.9. The molecule has 156 valence electrons. The van der Waals surface area contributed by atoms with Gasteiger partial charge < -0.3 is 4.74 Å². The second kappa shape index (κ2) is 8.43. The van der Waals surface area contributed by atoms with Crippen molar-refractivity contribution in [3.8, 4) is 0 Å². The van der Waals surface area contributed by atoms with Crippen LogP contribution in [0.5, 0.6) is 0 Å². The molecule has 1 atom stereocenters. The van der Waals surface area contributed by atoms with E-state index in [0.717, 1.165) is 10.5 Å². The third-order valence-corrected chi connectivity index (χ3v) is 7.15. The molecule has 1 aromatic heterocycles. The second-order valence-corrected chi connectivity index (χ2v) is 10.2. The van der Waals surface area contributed by atoms with Crippen molar-refractivity contribution in [3.63, 3.8) is 0 Å². The van der Waals surface area contributed by atoms with Gasteiger partial charge in [0.05, 0.1) is 6.61 Å². The summed E-state index contributed by atoms with van der Waals surface area (Å²) in [6, 6.07) is 15.4. The summed E-state index contributed by atoms with van der Waals surface area (Å²) >= 11 is 1.55. The van der Waals surface area contributed by atoms with E-state index in [4.69, 9.17) is 4.74 Å². The molecule has 0 spiro atoms. The number of fused-ring (bicyclic) bond motifs is 1. The molecule has 30 heavy (non-hydrogen) atoms. The maximum atomic E-state index is 12.4. The Morgan fingerprint density at radius 2 is 1.87 bits per heavy atom. The van der Waals surface area contributed by atoms with Crippen molar-refractivity contribution in [1.82, 2.24) is 4.98 Å². The van der Waals surface area contributed by atoms with Crippen LogP contribution in [0.25, 0.3) is 10.8 Å². The lowest BCUT2D eigenvalue weighted by molar-refractivity contribution is -0.145. The average Bonchev–Trinajstić information content (AvgIpc) is 3.58.